The summed E-state index contributed by atoms with van der Waals surface area (Å²) in [6, 6.07) is 15.7. The molecule has 0 spiro atoms. The fourth-order valence-electron chi connectivity index (χ4n) is 4.61. The summed E-state index contributed by atoms with van der Waals surface area (Å²) < 4.78 is 19.4. The summed E-state index contributed by atoms with van der Waals surface area (Å²) >= 11 is 0. The standard InChI is InChI=1S/C25H28FNO3/c26-22-11-5-10-20(13-22)23-15-27(14-21(23)16-28)24(12-18-8-4-9-18)25(29)30-17-19-6-2-1-3-7-19/h1-3,5-7,10-11,13,16,18,21,23-24H,4,8-9,12,14-15,17H2/t21-,23-,24-/m1/s1. The minimum Gasteiger partial charge on any atom is -0.460 e. The van der Waals surface area contributed by atoms with Crippen molar-refractivity contribution in [1.29, 1.82) is 0 Å². The summed E-state index contributed by atoms with van der Waals surface area (Å²) in [6.07, 6.45) is 5.20. The molecule has 30 heavy (non-hydrogen) atoms. The number of hydrogen-bond acceptors (Lipinski definition) is 4. The topological polar surface area (TPSA) is 46.6 Å². The van der Waals surface area contributed by atoms with Crippen LogP contribution in [-0.4, -0.2) is 36.3 Å². The number of esters is 1. The van der Waals surface area contributed by atoms with Gasteiger partial charge < -0.3 is 9.53 Å². The second-order valence-electron chi connectivity index (χ2n) is 8.56. The van der Waals surface area contributed by atoms with Crippen LogP contribution in [0.1, 0.15) is 42.7 Å². The highest BCUT2D eigenvalue weighted by Crippen LogP contribution is 2.37. The zero-order chi connectivity index (χ0) is 20.9. The van der Waals surface area contributed by atoms with Crippen molar-refractivity contribution < 1.29 is 18.7 Å². The van der Waals surface area contributed by atoms with Crippen LogP contribution in [0.3, 0.4) is 0 Å². The van der Waals surface area contributed by atoms with E-state index in [1.807, 2.05) is 36.4 Å². The van der Waals surface area contributed by atoms with Gasteiger partial charge in [0.2, 0.25) is 0 Å². The highest BCUT2D eigenvalue weighted by atomic mass is 19.1. The molecule has 1 saturated carbocycles. The van der Waals surface area contributed by atoms with E-state index in [0.29, 0.717) is 19.0 Å². The van der Waals surface area contributed by atoms with Gasteiger partial charge in [0.05, 0.1) is 0 Å². The fraction of sp³-hybridized carbons (Fsp3) is 0.440. The Bertz CT molecular complexity index is 868. The maximum Gasteiger partial charge on any atom is 0.323 e. The van der Waals surface area contributed by atoms with Gasteiger partial charge in [0.25, 0.3) is 0 Å². The molecule has 1 aliphatic heterocycles. The van der Waals surface area contributed by atoms with Gasteiger partial charge in [0.15, 0.2) is 0 Å². The van der Waals surface area contributed by atoms with Crippen LogP contribution >= 0.6 is 0 Å². The van der Waals surface area contributed by atoms with Gasteiger partial charge in [-0.15, -0.1) is 0 Å². The summed E-state index contributed by atoms with van der Waals surface area (Å²) in [7, 11) is 0. The summed E-state index contributed by atoms with van der Waals surface area (Å²) in [5, 5.41) is 0. The average molecular weight is 410 g/mol. The quantitative estimate of drug-likeness (QED) is 0.481. The van der Waals surface area contributed by atoms with E-state index in [1.165, 1.54) is 18.6 Å². The van der Waals surface area contributed by atoms with Gasteiger partial charge in [-0.2, -0.15) is 0 Å². The summed E-state index contributed by atoms with van der Waals surface area (Å²) in [4.78, 5) is 26.9. The van der Waals surface area contributed by atoms with Gasteiger partial charge >= 0.3 is 5.97 Å². The molecule has 0 amide bonds. The number of benzene rings is 2. The number of likely N-dealkylation sites (tertiary alicyclic amines) is 1. The van der Waals surface area contributed by atoms with E-state index in [4.69, 9.17) is 4.74 Å². The molecule has 2 aromatic carbocycles. The molecule has 0 radical (unpaired) electrons. The Hall–Kier alpha value is -2.53. The van der Waals surface area contributed by atoms with Crippen LogP contribution in [0, 0.1) is 17.7 Å². The molecule has 0 aromatic heterocycles. The zero-order valence-electron chi connectivity index (χ0n) is 17.1. The number of rotatable bonds is 8. The third kappa shape index (κ3) is 4.78. The second kappa shape index (κ2) is 9.52. The molecule has 1 saturated heterocycles. The van der Waals surface area contributed by atoms with Gasteiger partial charge in [0.1, 0.15) is 24.8 Å². The van der Waals surface area contributed by atoms with E-state index >= 15 is 0 Å². The minimum atomic E-state index is -0.361. The monoisotopic (exact) mass is 409 g/mol. The van der Waals surface area contributed by atoms with Crippen LogP contribution in [0.2, 0.25) is 0 Å². The van der Waals surface area contributed by atoms with E-state index < -0.39 is 0 Å². The van der Waals surface area contributed by atoms with Crippen LogP contribution < -0.4 is 0 Å². The smallest absolute Gasteiger partial charge is 0.323 e. The normalized spacial score (nSPS) is 23.0. The first-order valence-corrected chi connectivity index (χ1v) is 10.8. The first kappa shape index (κ1) is 20.7. The maximum atomic E-state index is 13.7. The molecule has 0 unspecified atom stereocenters. The summed E-state index contributed by atoms with van der Waals surface area (Å²) in [6.45, 7) is 1.31. The van der Waals surface area contributed by atoms with Gasteiger partial charge in [-0.25, -0.2) is 4.39 Å². The van der Waals surface area contributed by atoms with Crippen molar-refractivity contribution in [2.75, 3.05) is 13.1 Å². The Balaban J connectivity index is 1.48. The summed E-state index contributed by atoms with van der Waals surface area (Å²) in [5.74, 6) is -0.358. The van der Waals surface area contributed by atoms with E-state index in [0.717, 1.165) is 36.7 Å². The predicted octanol–water partition coefficient (Wildman–Crippen LogP) is 4.34. The van der Waals surface area contributed by atoms with Crippen molar-refractivity contribution in [3.8, 4) is 0 Å². The number of carbonyl (C=O) groups is 2. The fourth-order valence-corrected chi connectivity index (χ4v) is 4.61. The zero-order valence-corrected chi connectivity index (χ0v) is 17.1. The molecule has 4 nitrogen and oxygen atoms in total. The number of ether oxygens (including phenoxy) is 1. The predicted molar refractivity (Wildman–Crippen MR) is 112 cm³/mol. The lowest BCUT2D eigenvalue weighted by molar-refractivity contribution is -0.152. The van der Waals surface area contributed by atoms with Crippen molar-refractivity contribution >= 4 is 12.3 Å². The van der Waals surface area contributed by atoms with Gasteiger partial charge in [-0.1, -0.05) is 61.7 Å². The lowest BCUT2D eigenvalue weighted by atomic mass is 9.80. The molecule has 5 heteroatoms. The third-order valence-electron chi connectivity index (χ3n) is 6.56. The highest BCUT2D eigenvalue weighted by molar-refractivity contribution is 5.76. The second-order valence-corrected chi connectivity index (χ2v) is 8.56. The molecule has 0 N–H and O–H groups in total. The molecule has 1 aliphatic carbocycles. The first-order valence-electron chi connectivity index (χ1n) is 10.8. The van der Waals surface area contributed by atoms with E-state index in [9.17, 15) is 14.0 Å². The van der Waals surface area contributed by atoms with Crippen molar-refractivity contribution in [3.63, 3.8) is 0 Å². The Labute approximate surface area is 177 Å². The SMILES string of the molecule is O=C[C@H]1CN([C@H](CC2CCC2)C(=O)OCc2ccccc2)C[C@@H]1c1cccc(F)c1. The molecule has 1 heterocycles. The molecular formula is C25H28FNO3. The number of hydrogen-bond donors (Lipinski definition) is 0. The highest BCUT2D eigenvalue weighted by Gasteiger charge is 2.41. The minimum absolute atomic E-state index is 0.107. The van der Waals surface area contributed by atoms with Crippen molar-refractivity contribution in [2.45, 2.75) is 44.2 Å². The number of halogens is 1. The van der Waals surface area contributed by atoms with Crippen LogP contribution in [0.5, 0.6) is 0 Å². The summed E-state index contributed by atoms with van der Waals surface area (Å²) in [5.41, 5.74) is 1.77. The van der Waals surface area contributed by atoms with Crippen LogP contribution in [0.25, 0.3) is 0 Å². The van der Waals surface area contributed by atoms with Crippen molar-refractivity contribution in [1.82, 2.24) is 4.90 Å². The lowest BCUT2D eigenvalue weighted by Gasteiger charge is -2.33. The Morgan fingerprint density at radius 1 is 1.13 bits per heavy atom. The number of aldehydes is 1. The van der Waals surface area contributed by atoms with Crippen LogP contribution in [0.4, 0.5) is 4.39 Å². The Morgan fingerprint density at radius 3 is 2.60 bits per heavy atom. The molecule has 2 fully saturated rings. The Kier molecular flexibility index (Phi) is 6.58. The lowest BCUT2D eigenvalue weighted by Crippen LogP contribution is -2.43. The third-order valence-corrected chi connectivity index (χ3v) is 6.56. The van der Waals surface area contributed by atoms with Crippen molar-refractivity contribution in [3.05, 3.63) is 71.5 Å². The van der Waals surface area contributed by atoms with Crippen LogP contribution in [-0.2, 0) is 20.9 Å². The van der Waals surface area contributed by atoms with E-state index in [-0.39, 0.29) is 36.3 Å². The van der Waals surface area contributed by atoms with E-state index in [2.05, 4.69) is 4.90 Å². The average Bonchev–Trinajstić information content (AvgIpc) is 3.16. The molecule has 2 aromatic rings. The number of nitrogens with zero attached hydrogens (tertiary/aromatic N) is 1. The molecular weight excluding hydrogens is 381 g/mol. The van der Waals surface area contributed by atoms with Crippen molar-refractivity contribution in [2.24, 2.45) is 11.8 Å². The molecule has 3 atom stereocenters. The molecule has 4 rings (SSSR count). The largest absolute Gasteiger partial charge is 0.460 e. The van der Waals surface area contributed by atoms with Crippen LogP contribution in [0.15, 0.2) is 54.6 Å². The number of carbonyl (C=O) groups excluding carboxylic acids is 2. The van der Waals surface area contributed by atoms with Gasteiger partial charge in [0, 0.05) is 24.9 Å². The molecule has 2 aliphatic rings. The Morgan fingerprint density at radius 2 is 1.93 bits per heavy atom. The first-order chi connectivity index (χ1) is 14.6. The molecule has 158 valence electrons. The maximum absolute atomic E-state index is 13.7. The van der Waals surface area contributed by atoms with Gasteiger partial charge in [-0.3, -0.25) is 9.69 Å². The molecule has 0 bridgehead atoms. The van der Waals surface area contributed by atoms with E-state index in [1.54, 1.807) is 6.07 Å². The van der Waals surface area contributed by atoms with Gasteiger partial charge in [-0.05, 0) is 35.6 Å².